The number of piperazine rings is 1. The van der Waals surface area contributed by atoms with Crippen molar-refractivity contribution in [2.24, 2.45) is 5.92 Å². The number of aliphatic hydroxyl groups excluding tert-OH is 1. The van der Waals surface area contributed by atoms with Gasteiger partial charge >= 0.3 is 12.1 Å². The number of fused-ring (bicyclic) bond motifs is 5. The lowest BCUT2D eigenvalue weighted by atomic mass is 9.91. The highest BCUT2D eigenvalue weighted by Crippen LogP contribution is 2.45. The van der Waals surface area contributed by atoms with Crippen molar-refractivity contribution in [1.29, 1.82) is 0 Å². The number of carbonyl (C=O) groups excluding carboxylic acids is 3. The minimum Gasteiger partial charge on any atom is -0.474 e. The highest BCUT2D eigenvalue weighted by Gasteiger charge is 2.51. The van der Waals surface area contributed by atoms with Crippen molar-refractivity contribution in [3.05, 3.63) is 107 Å². The summed E-state index contributed by atoms with van der Waals surface area (Å²) in [7, 11) is 0. The van der Waals surface area contributed by atoms with Gasteiger partial charge in [0.15, 0.2) is 11.6 Å². The summed E-state index contributed by atoms with van der Waals surface area (Å²) >= 11 is 1.58. The van der Waals surface area contributed by atoms with E-state index in [0.717, 1.165) is 89.5 Å². The number of hydrogen-bond donors (Lipinski definition) is 2. The fourth-order valence-electron chi connectivity index (χ4n) is 13.9. The molecular weight excluding hydrogens is 1090 g/mol. The third kappa shape index (κ3) is 10.9. The van der Waals surface area contributed by atoms with E-state index in [2.05, 4.69) is 38.2 Å². The molecule has 7 aromatic rings. The van der Waals surface area contributed by atoms with Crippen LogP contribution in [0, 0.1) is 18.7 Å². The highest BCUT2D eigenvalue weighted by molar-refractivity contribution is 7.13. The van der Waals surface area contributed by atoms with Crippen LogP contribution in [0.5, 0.6) is 11.9 Å². The number of anilines is 1. The Morgan fingerprint density at radius 2 is 1.71 bits per heavy atom. The third-order valence-electron chi connectivity index (χ3n) is 18.0. The van der Waals surface area contributed by atoms with E-state index in [9.17, 15) is 19.5 Å². The lowest BCUT2D eigenvalue weighted by molar-refractivity contribution is -0.141. The Labute approximate surface area is 493 Å². The van der Waals surface area contributed by atoms with E-state index >= 15 is 4.39 Å². The quantitative estimate of drug-likeness (QED) is 0.0925. The van der Waals surface area contributed by atoms with E-state index in [1.54, 1.807) is 23.6 Å². The van der Waals surface area contributed by atoms with E-state index in [4.69, 9.17) is 33.7 Å². The van der Waals surface area contributed by atoms with Crippen LogP contribution in [0.4, 0.5) is 15.0 Å². The molecule has 18 nitrogen and oxygen atoms in total. The summed E-state index contributed by atoms with van der Waals surface area (Å²) in [5.41, 5.74) is 5.87. The molecule has 2 bridgehead atoms. The minimum atomic E-state index is -0.874. The molecule has 0 spiro atoms. The summed E-state index contributed by atoms with van der Waals surface area (Å²) in [4.78, 5) is 70.2. The number of hydrogen-bond acceptors (Lipinski definition) is 16. The Morgan fingerprint density at radius 3 is 2.43 bits per heavy atom. The van der Waals surface area contributed by atoms with Gasteiger partial charge in [0.05, 0.1) is 51.2 Å². The topological polar surface area (TPSA) is 202 Å². The van der Waals surface area contributed by atoms with Crippen LogP contribution in [0.2, 0.25) is 0 Å². The number of nitrogens with one attached hydrogen (secondary N) is 1. The molecule has 0 saturated carbocycles. The number of benzene rings is 3. The van der Waals surface area contributed by atoms with Crippen molar-refractivity contribution in [3.8, 4) is 33.6 Å². The van der Waals surface area contributed by atoms with E-state index in [1.807, 2.05) is 113 Å². The van der Waals surface area contributed by atoms with Crippen LogP contribution in [0.3, 0.4) is 0 Å². The van der Waals surface area contributed by atoms with E-state index < -0.39 is 29.5 Å². The second-order valence-corrected chi connectivity index (χ2v) is 25.8. The molecule has 5 aliphatic rings. The zero-order valence-corrected chi connectivity index (χ0v) is 50.0. The maximum Gasteiger partial charge on any atom is 0.410 e. The maximum absolute atomic E-state index is 17.6. The summed E-state index contributed by atoms with van der Waals surface area (Å²) in [5.74, 6) is -1.16. The van der Waals surface area contributed by atoms with Gasteiger partial charge in [0.25, 0.3) is 5.88 Å². The monoisotopic (exact) mass is 1160 g/mol. The molecule has 0 aliphatic carbocycles. The second kappa shape index (κ2) is 22.9. The van der Waals surface area contributed by atoms with Gasteiger partial charge in [-0.2, -0.15) is 9.97 Å². The first-order chi connectivity index (χ1) is 40.4. The SMILES string of the molecule is CCc1cccc2cccc(-c3ncc4c(N5CC6CCC(C5)N6C(=O)OC(C)(C)C)nc(OC[C@@]56CCCN5[C@H](COc5cc([C@H](C(=O)N7C[C@H](O)C[C@H]7C(=O)N[C@@H](C)c7ccc(-c8scnc8C)cc7)C(C)C)on5)CC6)nc4c3F)c12. The largest absolute Gasteiger partial charge is 0.474 e. The number of nitrogens with zero attached hydrogens (tertiary/aromatic N) is 9. The molecule has 12 rings (SSSR count). The highest BCUT2D eigenvalue weighted by atomic mass is 32.1. The normalized spacial score (nSPS) is 23.2. The Kier molecular flexibility index (Phi) is 15.6. The molecule has 5 aliphatic heterocycles. The Morgan fingerprint density at radius 1 is 0.952 bits per heavy atom. The minimum absolute atomic E-state index is 0.0107. The summed E-state index contributed by atoms with van der Waals surface area (Å²) in [6, 6.07) is 20.3. The van der Waals surface area contributed by atoms with E-state index in [-0.39, 0.29) is 96.2 Å². The van der Waals surface area contributed by atoms with Crippen LogP contribution >= 0.6 is 11.3 Å². The number of carbonyl (C=O) groups is 3. The van der Waals surface area contributed by atoms with Crippen molar-refractivity contribution < 1.29 is 42.6 Å². The average molecular weight is 1160 g/mol. The molecule has 9 heterocycles. The van der Waals surface area contributed by atoms with E-state index in [0.29, 0.717) is 42.2 Å². The fraction of sp³-hybridized carbons (Fsp3) is 0.500. The fourth-order valence-corrected chi connectivity index (χ4v) is 14.7. The van der Waals surface area contributed by atoms with Crippen LogP contribution in [-0.4, -0.2) is 144 Å². The number of halogens is 1. The lowest BCUT2D eigenvalue weighted by Gasteiger charge is -2.42. The molecule has 2 N–H and O–H groups in total. The van der Waals surface area contributed by atoms with Crippen LogP contribution in [0.15, 0.2) is 83.0 Å². The van der Waals surface area contributed by atoms with Crippen LogP contribution in [-0.2, 0) is 20.7 Å². The molecule has 3 amide bonds. The molecule has 5 fully saturated rings. The number of thiazole rings is 1. The van der Waals surface area contributed by atoms with Gasteiger partial charge in [-0.1, -0.05) is 81.4 Å². The smallest absolute Gasteiger partial charge is 0.410 e. The molecule has 3 aromatic carbocycles. The van der Waals surface area contributed by atoms with Crippen LogP contribution < -0.4 is 19.7 Å². The Hall–Kier alpha value is -7.29. The third-order valence-corrected chi connectivity index (χ3v) is 18.9. The van der Waals surface area contributed by atoms with Gasteiger partial charge in [0.1, 0.15) is 47.8 Å². The average Bonchev–Trinajstić information content (AvgIpc) is 3.52. The van der Waals surface area contributed by atoms with Crippen molar-refractivity contribution in [2.45, 2.75) is 160 Å². The van der Waals surface area contributed by atoms with Crippen molar-refractivity contribution in [2.75, 3.05) is 44.3 Å². The first kappa shape index (κ1) is 57.2. The molecule has 8 atom stereocenters. The number of rotatable bonds is 16. The first-order valence-corrected chi connectivity index (χ1v) is 30.7. The van der Waals surface area contributed by atoms with Gasteiger partial charge in [-0.25, -0.2) is 14.2 Å². The maximum atomic E-state index is 17.6. The van der Waals surface area contributed by atoms with Crippen molar-refractivity contribution in [3.63, 3.8) is 0 Å². The summed E-state index contributed by atoms with van der Waals surface area (Å²) in [5, 5.41) is 20.7. The van der Waals surface area contributed by atoms with Gasteiger partial charge in [0, 0.05) is 49.9 Å². The van der Waals surface area contributed by atoms with E-state index in [1.165, 1.54) is 4.90 Å². The van der Waals surface area contributed by atoms with Gasteiger partial charge < -0.3 is 39.0 Å². The number of aryl methyl sites for hydroxylation is 2. The molecule has 4 aromatic heterocycles. The number of β-amino-alcohol motifs (C(OH)–C–C–N with tert-alkyl or cyclic N) is 1. The molecule has 2 unspecified atom stereocenters. The zero-order chi connectivity index (χ0) is 58.8. The Balaban J connectivity index is 0.741. The predicted octanol–water partition coefficient (Wildman–Crippen LogP) is 10.6. The van der Waals surface area contributed by atoms with Crippen LogP contribution in [0.1, 0.15) is 128 Å². The summed E-state index contributed by atoms with van der Waals surface area (Å²) in [6.07, 6.45) is 6.45. The molecule has 20 heteroatoms. The Bertz CT molecular complexity index is 3590. The number of aliphatic hydroxyl groups is 1. The standard InChI is InChI=1S/C64H75FN10O8S/c1-9-39-13-10-14-41-15-11-16-47(53(39)41)55-54(65)56-48(29-66-55)58(72-30-43-21-22-44(31-72)75(43)62(79)82-63(6,7)8)70-61(69-56)81-34-64-24-12-26-74(64)45(23-25-64)33-80-51-28-50(83-71-51)52(36(2)3)60(78)73-32-46(76)27-49(73)59(77)68-37(4)40-17-19-42(20-18-40)57-38(5)67-35-84-57/h10-11,13-20,28-29,35-37,43-46,49,52,76H,9,12,21-27,30-34H2,1-8H3,(H,68,77)/t37-,43?,44?,45-,46+,49-,52+,64-/m0/s1. The number of aromatic nitrogens is 5. The van der Waals surface area contributed by atoms with Gasteiger partial charge in [-0.3, -0.25) is 24.4 Å². The number of likely N-dealkylation sites (tertiary alicyclic amines) is 1. The van der Waals surface area contributed by atoms with Crippen LogP contribution in [0.25, 0.3) is 43.4 Å². The second-order valence-electron chi connectivity index (χ2n) is 25.0. The molecule has 442 valence electrons. The van der Waals surface area contributed by atoms with Gasteiger partial charge in [-0.05, 0) is 125 Å². The molecule has 0 radical (unpaired) electrons. The molecular formula is C64H75FN10O8S. The van der Waals surface area contributed by atoms with Gasteiger partial charge in [-0.15, -0.1) is 11.3 Å². The zero-order valence-electron chi connectivity index (χ0n) is 49.1. The first-order valence-electron chi connectivity index (χ1n) is 29.8. The molecule has 84 heavy (non-hydrogen) atoms. The van der Waals surface area contributed by atoms with Crippen molar-refractivity contribution >= 4 is 56.7 Å². The molecule has 5 saturated heterocycles. The summed E-state index contributed by atoms with van der Waals surface area (Å²) in [6.45, 7) is 17.8. The predicted molar refractivity (Wildman–Crippen MR) is 318 cm³/mol. The summed E-state index contributed by atoms with van der Waals surface area (Å²) < 4.78 is 42.4. The van der Waals surface area contributed by atoms with Gasteiger partial charge in [0.2, 0.25) is 11.8 Å². The number of pyridine rings is 1. The number of ether oxygens (including phenoxy) is 3. The van der Waals surface area contributed by atoms with Crippen molar-refractivity contribution in [1.82, 2.24) is 45.1 Å². The lowest BCUT2D eigenvalue weighted by Crippen LogP contribution is -2.57. The number of amides is 3.